The van der Waals surface area contributed by atoms with Crippen molar-refractivity contribution < 1.29 is 4.79 Å². The Kier molecular flexibility index (Phi) is 4.04. The molecule has 0 bridgehead atoms. The van der Waals surface area contributed by atoms with Gasteiger partial charge in [-0.1, -0.05) is 19.3 Å². The van der Waals surface area contributed by atoms with E-state index in [1.54, 1.807) is 0 Å². The van der Waals surface area contributed by atoms with Gasteiger partial charge in [-0.15, -0.1) is 0 Å². The molecule has 1 aliphatic heterocycles. The van der Waals surface area contributed by atoms with E-state index < -0.39 is 0 Å². The summed E-state index contributed by atoms with van der Waals surface area (Å²) in [6.07, 6.45) is 7.35. The SMILES string of the molecule is CNCCC1CN(C2CCCCC2)C(=O)N1. The van der Waals surface area contributed by atoms with E-state index in [2.05, 4.69) is 15.5 Å². The summed E-state index contributed by atoms with van der Waals surface area (Å²) < 4.78 is 0. The van der Waals surface area contributed by atoms with Crippen LogP contribution < -0.4 is 10.6 Å². The average Bonchev–Trinajstić information content (AvgIpc) is 2.69. The van der Waals surface area contributed by atoms with Crippen LogP contribution in [0.2, 0.25) is 0 Å². The molecule has 1 saturated carbocycles. The molecule has 2 rings (SSSR count). The number of nitrogens with one attached hydrogen (secondary N) is 2. The van der Waals surface area contributed by atoms with Gasteiger partial charge in [0.1, 0.15) is 0 Å². The molecule has 2 amide bonds. The van der Waals surface area contributed by atoms with Gasteiger partial charge in [0.15, 0.2) is 0 Å². The van der Waals surface area contributed by atoms with Gasteiger partial charge in [-0.05, 0) is 32.9 Å². The number of carbonyl (C=O) groups excluding carboxylic acids is 1. The lowest BCUT2D eigenvalue weighted by Crippen LogP contribution is -2.39. The largest absolute Gasteiger partial charge is 0.333 e. The summed E-state index contributed by atoms with van der Waals surface area (Å²) in [5.41, 5.74) is 0. The number of rotatable bonds is 4. The van der Waals surface area contributed by atoms with Crippen LogP contribution in [0.15, 0.2) is 0 Å². The summed E-state index contributed by atoms with van der Waals surface area (Å²) in [6, 6.07) is 1.02. The van der Waals surface area contributed by atoms with Crippen molar-refractivity contribution in [2.75, 3.05) is 20.1 Å². The minimum Gasteiger partial charge on any atom is -0.333 e. The van der Waals surface area contributed by atoms with E-state index >= 15 is 0 Å². The predicted octanol–water partition coefficient (Wildman–Crippen LogP) is 1.32. The van der Waals surface area contributed by atoms with Gasteiger partial charge < -0.3 is 15.5 Å². The summed E-state index contributed by atoms with van der Waals surface area (Å²) in [5, 5.41) is 6.22. The third kappa shape index (κ3) is 2.67. The molecule has 16 heavy (non-hydrogen) atoms. The van der Waals surface area contributed by atoms with E-state index in [1.807, 2.05) is 7.05 Å². The Bertz CT molecular complexity index is 238. The highest BCUT2D eigenvalue weighted by molar-refractivity contribution is 5.77. The summed E-state index contributed by atoms with van der Waals surface area (Å²) >= 11 is 0. The highest BCUT2D eigenvalue weighted by Crippen LogP contribution is 2.24. The van der Waals surface area contributed by atoms with Crippen molar-refractivity contribution in [1.29, 1.82) is 0 Å². The third-order valence-corrected chi connectivity index (χ3v) is 3.76. The maximum Gasteiger partial charge on any atom is 0.317 e. The van der Waals surface area contributed by atoms with Gasteiger partial charge in [-0.25, -0.2) is 4.79 Å². The van der Waals surface area contributed by atoms with Crippen LogP contribution in [-0.4, -0.2) is 43.2 Å². The Hall–Kier alpha value is -0.770. The van der Waals surface area contributed by atoms with Gasteiger partial charge in [0.25, 0.3) is 0 Å². The number of nitrogens with zero attached hydrogens (tertiary/aromatic N) is 1. The molecule has 2 fully saturated rings. The first-order chi connectivity index (χ1) is 7.81. The molecule has 0 radical (unpaired) electrons. The van der Waals surface area contributed by atoms with E-state index in [4.69, 9.17) is 0 Å². The van der Waals surface area contributed by atoms with Crippen molar-refractivity contribution in [2.24, 2.45) is 0 Å². The smallest absolute Gasteiger partial charge is 0.317 e. The maximum atomic E-state index is 11.8. The first-order valence-electron chi connectivity index (χ1n) is 6.53. The molecule has 0 aromatic rings. The molecule has 2 N–H and O–H groups in total. The topological polar surface area (TPSA) is 44.4 Å². The molecule has 0 aromatic carbocycles. The molecular formula is C12H23N3O. The molecule has 4 nitrogen and oxygen atoms in total. The van der Waals surface area contributed by atoms with Gasteiger partial charge in [-0.3, -0.25) is 0 Å². The van der Waals surface area contributed by atoms with Crippen LogP contribution in [-0.2, 0) is 0 Å². The Morgan fingerprint density at radius 2 is 2.12 bits per heavy atom. The van der Waals surface area contributed by atoms with Crippen molar-refractivity contribution >= 4 is 6.03 Å². The lowest BCUT2D eigenvalue weighted by molar-refractivity contribution is 0.178. The minimum absolute atomic E-state index is 0.160. The van der Waals surface area contributed by atoms with Crippen LogP contribution in [0, 0.1) is 0 Å². The van der Waals surface area contributed by atoms with Gasteiger partial charge >= 0.3 is 6.03 Å². The maximum absolute atomic E-state index is 11.8. The quantitative estimate of drug-likeness (QED) is 0.758. The average molecular weight is 225 g/mol. The zero-order valence-corrected chi connectivity index (χ0v) is 10.2. The summed E-state index contributed by atoms with van der Waals surface area (Å²) in [7, 11) is 1.95. The monoisotopic (exact) mass is 225 g/mol. The van der Waals surface area contributed by atoms with Crippen molar-refractivity contribution in [3.8, 4) is 0 Å². The first-order valence-corrected chi connectivity index (χ1v) is 6.53. The second kappa shape index (κ2) is 5.53. The highest BCUT2D eigenvalue weighted by Gasteiger charge is 2.33. The molecule has 0 spiro atoms. The zero-order chi connectivity index (χ0) is 11.4. The second-order valence-electron chi connectivity index (χ2n) is 4.98. The first kappa shape index (κ1) is 11.7. The van der Waals surface area contributed by atoms with Crippen molar-refractivity contribution in [3.63, 3.8) is 0 Å². The summed E-state index contributed by atoms with van der Waals surface area (Å²) in [6.45, 7) is 1.88. The van der Waals surface area contributed by atoms with E-state index in [0.717, 1.165) is 19.5 Å². The Labute approximate surface area is 97.8 Å². The van der Waals surface area contributed by atoms with E-state index in [9.17, 15) is 4.79 Å². The fourth-order valence-electron chi connectivity index (χ4n) is 2.81. The Balaban J connectivity index is 1.83. The lowest BCUT2D eigenvalue weighted by Gasteiger charge is -2.30. The van der Waals surface area contributed by atoms with Crippen molar-refractivity contribution in [1.82, 2.24) is 15.5 Å². The van der Waals surface area contributed by atoms with E-state index in [0.29, 0.717) is 12.1 Å². The van der Waals surface area contributed by atoms with Crippen LogP contribution >= 0.6 is 0 Å². The normalized spacial score (nSPS) is 27.2. The Morgan fingerprint density at radius 1 is 1.38 bits per heavy atom. The van der Waals surface area contributed by atoms with E-state index in [1.165, 1.54) is 32.1 Å². The summed E-state index contributed by atoms with van der Waals surface area (Å²) in [4.78, 5) is 13.9. The summed E-state index contributed by atoms with van der Waals surface area (Å²) in [5.74, 6) is 0. The molecule has 2 aliphatic rings. The third-order valence-electron chi connectivity index (χ3n) is 3.76. The number of amides is 2. The number of hydrogen-bond donors (Lipinski definition) is 2. The number of hydrogen-bond acceptors (Lipinski definition) is 2. The molecule has 0 aromatic heterocycles. The van der Waals surface area contributed by atoms with E-state index in [-0.39, 0.29) is 6.03 Å². The van der Waals surface area contributed by atoms with Crippen molar-refractivity contribution in [2.45, 2.75) is 50.6 Å². The molecule has 1 unspecified atom stereocenters. The van der Waals surface area contributed by atoms with Crippen LogP contribution in [0.1, 0.15) is 38.5 Å². The highest BCUT2D eigenvalue weighted by atomic mass is 16.2. The Morgan fingerprint density at radius 3 is 2.81 bits per heavy atom. The van der Waals surface area contributed by atoms with Crippen LogP contribution in [0.4, 0.5) is 4.79 Å². The van der Waals surface area contributed by atoms with Crippen LogP contribution in [0.3, 0.4) is 0 Å². The molecule has 4 heteroatoms. The standard InChI is InChI=1S/C12H23N3O/c1-13-8-7-10-9-15(12(16)14-10)11-5-3-2-4-6-11/h10-11,13H,2-9H2,1H3,(H,14,16). The second-order valence-corrected chi connectivity index (χ2v) is 4.98. The molecule has 1 atom stereocenters. The zero-order valence-electron chi connectivity index (χ0n) is 10.2. The number of carbonyl (C=O) groups is 1. The van der Waals surface area contributed by atoms with Gasteiger partial charge in [0, 0.05) is 18.6 Å². The molecule has 1 saturated heterocycles. The lowest BCUT2D eigenvalue weighted by atomic mass is 9.94. The number of urea groups is 1. The molecule has 92 valence electrons. The molecular weight excluding hydrogens is 202 g/mol. The van der Waals surface area contributed by atoms with Crippen LogP contribution in [0.5, 0.6) is 0 Å². The van der Waals surface area contributed by atoms with Gasteiger partial charge in [0.05, 0.1) is 0 Å². The van der Waals surface area contributed by atoms with Gasteiger partial charge in [-0.2, -0.15) is 0 Å². The van der Waals surface area contributed by atoms with Gasteiger partial charge in [0.2, 0.25) is 0 Å². The van der Waals surface area contributed by atoms with Crippen molar-refractivity contribution in [3.05, 3.63) is 0 Å². The van der Waals surface area contributed by atoms with Crippen LogP contribution in [0.25, 0.3) is 0 Å². The molecule has 1 heterocycles. The molecule has 1 aliphatic carbocycles. The fourth-order valence-corrected chi connectivity index (χ4v) is 2.81. The predicted molar refractivity (Wildman–Crippen MR) is 64.4 cm³/mol. The fraction of sp³-hybridized carbons (Fsp3) is 0.917. The minimum atomic E-state index is 0.160.